The molecule has 0 N–H and O–H groups in total. The molecule has 0 saturated carbocycles. The summed E-state index contributed by atoms with van der Waals surface area (Å²) in [6.45, 7) is 0. The van der Waals surface area contributed by atoms with Crippen LogP contribution in [0.5, 0.6) is 0 Å². The van der Waals surface area contributed by atoms with Gasteiger partial charge in [0.1, 0.15) is 0 Å². The van der Waals surface area contributed by atoms with Crippen LogP contribution in [0.4, 0.5) is 17.1 Å². The first-order valence-electron chi connectivity index (χ1n) is 18.4. The minimum absolute atomic E-state index is 1.10. The normalized spacial score (nSPS) is 11.3. The summed E-state index contributed by atoms with van der Waals surface area (Å²) in [5.41, 5.74) is 12.9. The minimum atomic E-state index is 1.10. The van der Waals surface area contributed by atoms with E-state index in [2.05, 4.69) is 217 Å². The highest BCUT2D eigenvalue weighted by Crippen LogP contribution is 2.43. The number of fused-ring (bicyclic) bond motifs is 4. The average Bonchev–Trinajstić information content (AvgIpc) is 3.63. The Hall–Kier alpha value is -6.74. The minimum Gasteiger partial charge on any atom is -0.310 e. The van der Waals surface area contributed by atoms with Crippen LogP contribution >= 0.6 is 11.3 Å². The number of hydrogen-bond donors (Lipinski definition) is 0. The molecule has 0 bridgehead atoms. The number of hydrogen-bond acceptors (Lipinski definition) is 2. The summed E-state index contributed by atoms with van der Waals surface area (Å²) in [6.07, 6.45) is 0. The topological polar surface area (TPSA) is 3.24 Å². The fraction of sp³-hybridized carbons (Fsp3) is 0. The maximum atomic E-state index is 2.41. The summed E-state index contributed by atoms with van der Waals surface area (Å²) in [7, 11) is 0. The fourth-order valence-corrected chi connectivity index (χ4v) is 8.90. The van der Waals surface area contributed by atoms with Crippen LogP contribution in [-0.2, 0) is 0 Å². The van der Waals surface area contributed by atoms with Crippen LogP contribution in [0, 0.1) is 0 Å². The van der Waals surface area contributed by atoms with Gasteiger partial charge in [-0.05, 0) is 98.2 Å². The van der Waals surface area contributed by atoms with Crippen LogP contribution in [0.3, 0.4) is 0 Å². The third-order valence-electron chi connectivity index (χ3n) is 10.5. The molecule has 0 aliphatic carbocycles. The summed E-state index contributed by atoms with van der Waals surface area (Å²) in [5.74, 6) is 0. The SMILES string of the molecule is c1ccc(-c2ccc(-c3ccccc3N(c3ccc(-c4ccc5sc6ccccc6c5c4)cc3)c3cccc(-c4cccc5ccccc45)c3)cc2)cc1. The second-order valence-electron chi connectivity index (χ2n) is 13.7. The third kappa shape index (κ3) is 5.84. The quantitative estimate of drug-likeness (QED) is 0.160. The van der Waals surface area contributed by atoms with E-state index in [9.17, 15) is 0 Å². The van der Waals surface area contributed by atoms with Gasteiger partial charge < -0.3 is 4.90 Å². The summed E-state index contributed by atoms with van der Waals surface area (Å²) >= 11 is 1.86. The Morgan fingerprint density at radius 3 is 1.74 bits per heavy atom. The molecule has 0 aliphatic heterocycles. The van der Waals surface area contributed by atoms with Gasteiger partial charge in [-0.3, -0.25) is 0 Å². The number of anilines is 3. The molecule has 54 heavy (non-hydrogen) atoms. The zero-order valence-corrected chi connectivity index (χ0v) is 30.4. The molecule has 0 atom stereocenters. The van der Waals surface area contributed by atoms with E-state index in [4.69, 9.17) is 0 Å². The fourth-order valence-electron chi connectivity index (χ4n) is 7.81. The van der Waals surface area contributed by atoms with Crippen molar-refractivity contribution in [2.75, 3.05) is 4.90 Å². The van der Waals surface area contributed by atoms with E-state index >= 15 is 0 Å². The predicted molar refractivity (Wildman–Crippen MR) is 233 cm³/mol. The van der Waals surface area contributed by atoms with Crippen molar-refractivity contribution in [3.05, 3.63) is 212 Å². The summed E-state index contributed by atoms with van der Waals surface area (Å²) in [4.78, 5) is 2.41. The molecule has 0 spiro atoms. The lowest BCUT2D eigenvalue weighted by atomic mass is 9.96. The molecule has 0 aliphatic rings. The molecule has 254 valence electrons. The van der Waals surface area contributed by atoms with Gasteiger partial charge in [-0.2, -0.15) is 0 Å². The lowest BCUT2D eigenvalue weighted by molar-refractivity contribution is 1.28. The van der Waals surface area contributed by atoms with E-state index in [0.29, 0.717) is 0 Å². The molecule has 1 aromatic heterocycles. The Balaban J connectivity index is 1.10. The molecule has 9 aromatic carbocycles. The maximum Gasteiger partial charge on any atom is 0.0540 e. The molecular formula is C52H35NS. The van der Waals surface area contributed by atoms with Crippen molar-refractivity contribution in [2.45, 2.75) is 0 Å². The standard InChI is InChI=1S/C52H35NS/c1-2-12-36(13-3-1)37-24-26-40(27-25-37)47-19-6-8-22-50(47)53(44-17-10-16-42(34-44)46-21-11-15-39-14-4-5-18-45(39)46)43-31-28-38(29-32-43)41-30-33-52-49(35-41)48-20-7-9-23-51(48)54-52/h1-35H. The Bertz CT molecular complexity index is 2920. The number of benzene rings is 9. The predicted octanol–water partition coefficient (Wildman–Crippen LogP) is 15.3. The van der Waals surface area contributed by atoms with Gasteiger partial charge in [-0.1, -0.05) is 164 Å². The van der Waals surface area contributed by atoms with Crippen molar-refractivity contribution < 1.29 is 0 Å². The van der Waals surface area contributed by atoms with Gasteiger partial charge in [0.05, 0.1) is 5.69 Å². The van der Waals surface area contributed by atoms with Gasteiger partial charge in [-0.25, -0.2) is 0 Å². The highest BCUT2D eigenvalue weighted by Gasteiger charge is 2.19. The monoisotopic (exact) mass is 705 g/mol. The molecule has 10 aromatic rings. The van der Waals surface area contributed by atoms with Gasteiger partial charge in [0, 0.05) is 37.1 Å². The first-order valence-corrected chi connectivity index (χ1v) is 19.2. The van der Waals surface area contributed by atoms with Crippen molar-refractivity contribution in [3.8, 4) is 44.5 Å². The largest absolute Gasteiger partial charge is 0.310 e. The van der Waals surface area contributed by atoms with Gasteiger partial charge in [0.25, 0.3) is 0 Å². The van der Waals surface area contributed by atoms with E-state index in [1.165, 1.54) is 75.5 Å². The molecule has 0 unspecified atom stereocenters. The zero-order chi connectivity index (χ0) is 35.8. The molecular weight excluding hydrogens is 671 g/mol. The Kier molecular flexibility index (Phi) is 8.09. The number of thiophene rings is 1. The van der Waals surface area contributed by atoms with Gasteiger partial charge in [0.15, 0.2) is 0 Å². The molecule has 0 fully saturated rings. The number of rotatable bonds is 7. The van der Waals surface area contributed by atoms with Crippen molar-refractivity contribution in [2.24, 2.45) is 0 Å². The number of nitrogens with zero attached hydrogens (tertiary/aromatic N) is 1. The van der Waals surface area contributed by atoms with Crippen molar-refractivity contribution in [3.63, 3.8) is 0 Å². The first-order chi connectivity index (χ1) is 26.8. The second-order valence-corrected chi connectivity index (χ2v) is 14.8. The molecule has 2 heteroatoms. The lowest BCUT2D eigenvalue weighted by Gasteiger charge is -2.28. The Morgan fingerprint density at radius 1 is 0.296 bits per heavy atom. The molecule has 0 radical (unpaired) electrons. The number of para-hydroxylation sites is 1. The van der Waals surface area contributed by atoms with Crippen LogP contribution in [0.2, 0.25) is 0 Å². The van der Waals surface area contributed by atoms with Gasteiger partial charge >= 0.3 is 0 Å². The average molecular weight is 706 g/mol. The van der Waals surface area contributed by atoms with Crippen molar-refractivity contribution >= 4 is 59.3 Å². The molecule has 0 saturated heterocycles. The summed E-state index contributed by atoms with van der Waals surface area (Å²) in [5, 5.41) is 5.13. The smallest absolute Gasteiger partial charge is 0.0540 e. The molecule has 1 nitrogen and oxygen atoms in total. The Morgan fingerprint density at radius 2 is 0.870 bits per heavy atom. The second kappa shape index (κ2) is 13.7. The Labute approximate surface area is 319 Å². The lowest BCUT2D eigenvalue weighted by Crippen LogP contribution is -2.11. The summed E-state index contributed by atoms with van der Waals surface area (Å²) < 4.78 is 2.65. The maximum absolute atomic E-state index is 2.41. The highest BCUT2D eigenvalue weighted by atomic mass is 32.1. The van der Waals surface area contributed by atoms with Crippen LogP contribution in [0.15, 0.2) is 212 Å². The van der Waals surface area contributed by atoms with E-state index in [1.807, 2.05) is 11.3 Å². The third-order valence-corrected chi connectivity index (χ3v) is 11.6. The molecule has 10 rings (SSSR count). The van der Waals surface area contributed by atoms with E-state index in [0.717, 1.165) is 17.1 Å². The van der Waals surface area contributed by atoms with Crippen LogP contribution in [0.1, 0.15) is 0 Å². The van der Waals surface area contributed by atoms with Gasteiger partial charge in [0.2, 0.25) is 0 Å². The van der Waals surface area contributed by atoms with Crippen LogP contribution in [0.25, 0.3) is 75.5 Å². The zero-order valence-electron chi connectivity index (χ0n) is 29.6. The van der Waals surface area contributed by atoms with Crippen LogP contribution in [-0.4, -0.2) is 0 Å². The molecule has 0 amide bonds. The van der Waals surface area contributed by atoms with Crippen molar-refractivity contribution in [1.29, 1.82) is 0 Å². The highest BCUT2D eigenvalue weighted by molar-refractivity contribution is 7.25. The van der Waals surface area contributed by atoms with Crippen LogP contribution < -0.4 is 4.90 Å². The van der Waals surface area contributed by atoms with Crippen molar-refractivity contribution in [1.82, 2.24) is 0 Å². The first kappa shape index (κ1) is 32.0. The summed E-state index contributed by atoms with van der Waals surface area (Å²) in [6, 6.07) is 77.2. The van der Waals surface area contributed by atoms with Gasteiger partial charge in [-0.15, -0.1) is 11.3 Å². The van der Waals surface area contributed by atoms with E-state index in [1.54, 1.807) is 0 Å². The van der Waals surface area contributed by atoms with E-state index < -0.39 is 0 Å². The van der Waals surface area contributed by atoms with E-state index in [-0.39, 0.29) is 0 Å². The molecule has 1 heterocycles.